The minimum Gasteiger partial charge on any atom is -0.465 e. The number of carbonyl (C=O) groups is 1. The predicted octanol–water partition coefficient (Wildman–Crippen LogP) is 1.27. The standard InChI is InChI=1S/C10H10O3S/c1-13-10(12)9-8(5-7-14-9)4-2-3-6-11/h5,7,11H,3,6H2,1H3. The SMILES string of the molecule is COC(=O)c1sccc1C#CCCO. The molecule has 4 heteroatoms. The number of methoxy groups -OCH3 is 1. The van der Waals surface area contributed by atoms with E-state index in [1.165, 1.54) is 18.4 Å². The maximum Gasteiger partial charge on any atom is 0.349 e. The van der Waals surface area contributed by atoms with E-state index in [0.717, 1.165) is 0 Å². The second-order valence-electron chi connectivity index (χ2n) is 2.43. The number of aliphatic hydroxyl groups is 1. The molecule has 0 spiro atoms. The lowest BCUT2D eigenvalue weighted by Crippen LogP contribution is -1.99. The van der Waals surface area contributed by atoms with E-state index in [1.54, 1.807) is 11.4 Å². The summed E-state index contributed by atoms with van der Waals surface area (Å²) in [6.45, 7) is 0.0324. The molecule has 0 saturated heterocycles. The summed E-state index contributed by atoms with van der Waals surface area (Å²) < 4.78 is 4.60. The fourth-order valence-electron chi connectivity index (χ4n) is 0.872. The van der Waals surface area contributed by atoms with Crippen molar-refractivity contribution in [2.45, 2.75) is 6.42 Å². The summed E-state index contributed by atoms with van der Waals surface area (Å²) in [6.07, 6.45) is 0.413. The van der Waals surface area contributed by atoms with E-state index in [-0.39, 0.29) is 12.6 Å². The maximum atomic E-state index is 11.2. The average molecular weight is 210 g/mol. The highest BCUT2D eigenvalue weighted by Gasteiger charge is 2.11. The van der Waals surface area contributed by atoms with Crippen LogP contribution in [0.4, 0.5) is 0 Å². The molecule has 0 atom stereocenters. The third-order valence-corrected chi connectivity index (χ3v) is 2.39. The first-order chi connectivity index (χ1) is 6.79. The summed E-state index contributed by atoms with van der Waals surface area (Å²) >= 11 is 1.30. The molecule has 1 heterocycles. The first-order valence-corrected chi connectivity index (χ1v) is 4.93. The predicted molar refractivity (Wildman–Crippen MR) is 54.2 cm³/mol. The fourth-order valence-corrected chi connectivity index (χ4v) is 1.64. The Balaban J connectivity index is 2.84. The van der Waals surface area contributed by atoms with Crippen LogP contribution in [0.25, 0.3) is 0 Å². The molecule has 0 aliphatic rings. The van der Waals surface area contributed by atoms with Crippen LogP contribution >= 0.6 is 11.3 Å². The fraction of sp³-hybridized carbons (Fsp3) is 0.300. The second-order valence-corrected chi connectivity index (χ2v) is 3.35. The van der Waals surface area contributed by atoms with Crippen LogP contribution < -0.4 is 0 Å². The van der Waals surface area contributed by atoms with Crippen LogP contribution in [-0.2, 0) is 4.74 Å². The van der Waals surface area contributed by atoms with Crippen molar-refractivity contribution >= 4 is 17.3 Å². The second kappa shape index (κ2) is 5.43. The van der Waals surface area contributed by atoms with Crippen molar-refractivity contribution in [3.05, 3.63) is 21.9 Å². The lowest BCUT2D eigenvalue weighted by Gasteiger charge is -1.94. The molecule has 74 valence electrons. The lowest BCUT2D eigenvalue weighted by molar-refractivity contribution is 0.0606. The van der Waals surface area contributed by atoms with Crippen LogP contribution in [0.5, 0.6) is 0 Å². The van der Waals surface area contributed by atoms with Crippen LogP contribution in [0, 0.1) is 11.8 Å². The molecule has 0 aliphatic carbocycles. The van der Waals surface area contributed by atoms with Gasteiger partial charge in [0.25, 0.3) is 0 Å². The largest absolute Gasteiger partial charge is 0.465 e. The first-order valence-electron chi connectivity index (χ1n) is 4.05. The average Bonchev–Trinajstić information content (AvgIpc) is 2.65. The number of hydrogen-bond acceptors (Lipinski definition) is 4. The van der Waals surface area contributed by atoms with Crippen LogP contribution in [0.2, 0.25) is 0 Å². The molecule has 3 nitrogen and oxygen atoms in total. The highest BCUT2D eigenvalue weighted by Crippen LogP contribution is 2.16. The molecule has 0 saturated carbocycles. The summed E-state index contributed by atoms with van der Waals surface area (Å²) in [4.78, 5) is 11.7. The van der Waals surface area contributed by atoms with Gasteiger partial charge in [-0.3, -0.25) is 0 Å². The van der Waals surface area contributed by atoms with Crippen LogP contribution in [0.3, 0.4) is 0 Å². The molecule has 1 aromatic heterocycles. The van der Waals surface area contributed by atoms with Gasteiger partial charge in [-0.05, 0) is 11.4 Å². The Kier molecular flexibility index (Phi) is 4.17. The van der Waals surface area contributed by atoms with E-state index in [1.807, 2.05) is 0 Å². The molecule has 1 N–H and O–H groups in total. The Morgan fingerprint density at radius 1 is 1.71 bits per heavy atom. The molecule has 1 aromatic rings. The molecule has 1 rings (SSSR count). The van der Waals surface area contributed by atoms with Crippen molar-refractivity contribution in [3.63, 3.8) is 0 Å². The summed E-state index contributed by atoms with van der Waals surface area (Å²) in [5.41, 5.74) is 0.662. The van der Waals surface area contributed by atoms with E-state index >= 15 is 0 Å². The number of aliphatic hydroxyl groups excluding tert-OH is 1. The molecule has 0 aliphatic heterocycles. The van der Waals surface area contributed by atoms with Crippen molar-refractivity contribution in [1.29, 1.82) is 0 Å². The molecule has 0 aromatic carbocycles. The van der Waals surface area contributed by atoms with Gasteiger partial charge in [-0.15, -0.1) is 11.3 Å². The number of thiophene rings is 1. The maximum absolute atomic E-state index is 11.2. The van der Waals surface area contributed by atoms with Gasteiger partial charge in [0, 0.05) is 12.0 Å². The number of carbonyl (C=O) groups excluding carboxylic acids is 1. The number of esters is 1. The van der Waals surface area contributed by atoms with E-state index in [0.29, 0.717) is 16.9 Å². The van der Waals surface area contributed by atoms with Gasteiger partial charge in [-0.25, -0.2) is 4.79 Å². The van der Waals surface area contributed by atoms with E-state index in [4.69, 9.17) is 5.11 Å². The van der Waals surface area contributed by atoms with Gasteiger partial charge < -0.3 is 9.84 Å². The zero-order valence-corrected chi connectivity index (χ0v) is 8.56. The minimum absolute atomic E-state index is 0.0324. The van der Waals surface area contributed by atoms with Gasteiger partial charge in [0.15, 0.2) is 0 Å². The quantitative estimate of drug-likeness (QED) is 0.590. The van der Waals surface area contributed by atoms with E-state index in [9.17, 15) is 4.79 Å². The zero-order valence-electron chi connectivity index (χ0n) is 7.74. The minimum atomic E-state index is -0.367. The summed E-state index contributed by atoms with van der Waals surface area (Å²) in [6, 6.07) is 1.77. The van der Waals surface area contributed by atoms with Gasteiger partial charge in [-0.1, -0.05) is 11.8 Å². The number of rotatable bonds is 2. The highest BCUT2D eigenvalue weighted by atomic mass is 32.1. The molecule has 0 unspecified atom stereocenters. The number of hydrogen-bond donors (Lipinski definition) is 1. The van der Waals surface area contributed by atoms with Gasteiger partial charge in [0.1, 0.15) is 4.88 Å². The Hall–Kier alpha value is -1.31. The molecule has 0 bridgehead atoms. The molecular weight excluding hydrogens is 200 g/mol. The van der Waals surface area contributed by atoms with Gasteiger partial charge >= 0.3 is 5.97 Å². The Morgan fingerprint density at radius 3 is 3.14 bits per heavy atom. The van der Waals surface area contributed by atoms with Crippen LogP contribution in [0.15, 0.2) is 11.4 Å². The first kappa shape index (κ1) is 10.8. The van der Waals surface area contributed by atoms with Gasteiger partial charge in [-0.2, -0.15) is 0 Å². The van der Waals surface area contributed by atoms with Crippen molar-refractivity contribution < 1.29 is 14.6 Å². The molecular formula is C10H10O3S. The third-order valence-electron chi connectivity index (χ3n) is 1.50. The third kappa shape index (κ3) is 2.59. The molecule has 0 radical (unpaired) electrons. The smallest absolute Gasteiger partial charge is 0.349 e. The monoisotopic (exact) mass is 210 g/mol. The number of ether oxygens (including phenoxy) is 1. The van der Waals surface area contributed by atoms with Crippen molar-refractivity contribution in [2.24, 2.45) is 0 Å². The van der Waals surface area contributed by atoms with Gasteiger partial charge in [0.2, 0.25) is 0 Å². The Bertz CT molecular complexity index is 370. The normalized spacial score (nSPS) is 9.00. The van der Waals surface area contributed by atoms with Crippen molar-refractivity contribution in [2.75, 3.05) is 13.7 Å². The van der Waals surface area contributed by atoms with E-state index < -0.39 is 0 Å². The molecule has 0 fully saturated rings. The Morgan fingerprint density at radius 2 is 2.50 bits per heavy atom. The van der Waals surface area contributed by atoms with Gasteiger partial charge in [0.05, 0.1) is 13.7 Å². The summed E-state index contributed by atoms with van der Waals surface area (Å²) in [5, 5.41) is 10.3. The Labute approximate surface area is 86.3 Å². The summed E-state index contributed by atoms with van der Waals surface area (Å²) in [7, 11) is 1.34. The molecule has 0 amide bonds. The summed E-state index contributed by atoms with van der Waals surface area (Å²) in [5.74, 6) is 5.20. The van der Waals surface area contributed by atoms with Crippen LogP contribution in [-0.4, -0.2) is 24.8 Å². The topological polar surface area (TPSA) is 46.5 Å². The van der Waals surface area contributed by atoms with Crippen LogP contribution in [0.1, 0.15) is 21.7 Å². The highest BCUT2D eigenvalue weighted by molar-refractivity contribution is 7.12. The van der Waals surface area contributed by atoms with Crippen molar-refractivity contribution in [3.8, 4) is 11.8 Å². The molecule has 14 heavy (non-hydrogen) atoms. The lowest BCUT2D eigenvalue weighted by atomic mass is 10.2. The zero-order chi connectivity index (χ0) is 10.4. The van der Waals surface area contributed by atoms with E-state index in [2.05, 4.69) is 16.6 Å². The van der Waals surface area contributed by atoms with Crippen molar-refractivity contribution in [1.82, 2.24) is 0 Å².